The number of hydrogen-bond acceptors (Lipinski definition) is 3. The molecule has 124 valence electrons. The summed E-state index contributed by atoms with van der Waals surface area (Å²) in [4.78, 5) is 27.1. The van der Waals surface area contributed by atoms with Gasteiger partial charge in [-0.25, -0.2) is 4.79 Å². The highest BCUT2D eigenvalue weighted by Crippen LogP contribution is 2.52. The second kappa shape index (κ2) is 6.25. The van der Waals surface area contributed by atoms with Crippen molar-refractivity contribution in [2.24, 2.45) is 0 Å². The Labute approximate surface area is 141 Å². The molecule has 1 aliphatic heterocycles. The van der Waals surface area contributed by atoms with Crippen LogP contribution in [0.5, 0.6) is 0 Å². The highest BCUT2D eigenvalue weighted by Gasteiger charge is 2.46. The van der Waals surface area contributed by atoms with Crippen molar-refractivity contribution in [2.75, 3.05) is 14.1 Å². The summed E-state index contributed by atoms with van der Waals surface area (Å²) < 4.78 is 14.2. The Morgan fingerprint density at radius 2 is 1.33 bits per heavy atom. The van der Waals surface area contributed by atoms with Crippen LogP contribution in [-0.2, 0) is 9.36 Å². The monoisotopic (exact) mass is 342 g/mol. The van der Waals surface area contributed by atoms with Gasteiger partial charge in [-0.05, 0) is 0 Å². The second-order valence-electron chi connectivity index (χ2n) is 5.86. The molecule has 3 rings (SSSR count). The number of amides is 3. The third-order valence-electron chi connectivity index (χ3n) is 4.47. The molecule has 1 fully saturated rings. The zero-order chi connectivity index (χ0) is 17.3. The Morgan fingerprint density at radius 3 is 1.79 bits per heavy atom. The van der Waals surface area contributed by atoms with Gasteiger partial charge in [0.15, 0.2) is 7.14 Å². The summed E-state index contributed by atoms with van der Waals surface area (Å²) in [6, 6.07) is 17.8. The molecule has 5 nitrogen and oxygen atoms in total. The summed E-state index contributed by atoms with van der Waals surface area (Å²) in [7, 11) is -0.142. The summed E-state index contributed by atoms with van der Waals surface area (Å²) in [6.07, 6.45) is 0.0415. The molecular formula is C18H19N2O3P. The summed E-state index contributed by atoms with van der Waals surface area (Å²) >= 11 is 0. The number of carbonyl (C=O) groups is 2. The minimum atomic E-state index is -3.20. The van der Waals surface area contributed by atoms with E-state index in [1.54, 1.807) is 31.3 Å². The first-order valence-corrected chi connectivity index (χ1v) is 9.48. The van der Waals surface area contributed by atoms with Gasteiger partial charge in [-0.1, -0.05) is 60.7 Å². The summed E-state index contributed by atoms with van der Waals surface area (Å²) in [5.74, 6) is -0.992. The van der Waals surface area contributed by atoms with E-state index in [9.17, 15) is 14.2 Å². The maximum atomic E-state index is 14.2. The van der Waals surface area contributed by atoms with Crippen LogP contribution in [0.25, 0.3) is 0 Å². The van der Waals surface area contributed by atoms with Crippen molar-refractivity contribution in [1.82, 2.24) is 9.80 Å². The van der Waals surface area contributed by atoms with E-state index in [1.807, 2.05) is 36.4 Å². The molecule has 0 aliphatic carbocycles. The molecule has 0 N–H and O–H groups in total. The molecule has 0 spiro atoms. The van der Waals surface area contributed by atoms with E-state index in [1.165, 1.54) is 11.9 Å². The molecule has 1 saturated heterocycles. The van der Waals surface area contributed by atoms with Gasteiger partial charge in [-0.3, -0.25) is 9.69 Å². The molecule has 1 heterocycles. The topological polar surface area (TPSA) is 57.7 Å². The lowest BCUT2D eigenvalue weighted by Crippen LogP contribution is -2.55. The van der Waals surface area contributed by atoms with Gasteiger partial charge in [-0.15, -0.1) is 0 Å². The second-order valence-corrected chi connectivity index (χ2v) is 8.80. The zero-order valence-corrected chi connectivity index (χ0v) is 14.5. The van der Waals surface area contributed by atoms with Gasteiger partial charge in [0.2, 0.25) is 5.91 Å². The van der Waals surface area contributed by atoms with Crippen molar-refractivity contribution < 1.29 is 14.2 Å². The van der Waals surface area contributed by atoms with Crippen molar-refractivity contribution in [1.29, 1.82) is 0 Å². The quantitative estimate of drug-likeness (QED) is 0.804. The van der Waals surface area contributed by atoms with E-state index in [0.717, 1.165) is 4.90 Å². The number of benzene rings is 2. The first-order chi connectivity index (χ1) is 11.5. The first kappa shape index (κ1) is 16.5. The number of nitrogens with zero attached hydrogens (tertiary/aromatic N) is 2. The van der Waals surface area contributed by atoms with Crippen molar-refractivity contribution >= 4 is 29.7 Å². The van der Waals surface area contributed by atoms with Crippen LogP contribution in [0, 0.1) is 0 Å². The summed E-state index contributed by atoms with van der Waals surface area (Å²) in [5.41, 5.74) is 0. The van der Waals surface area contributed by atoms with E-state index < -0.39 is 19.0 Å². The average Bonchev–Trinajstić information content (AvgIpc) is 2.64. The molecule has 2 aromatic rings. The predicted octanol–water partition coefficient (Wildman–Crippen LogP) is 2.24. The van der Waals surface area contributed by atoms with Gasteiger partial charge in [0.1, 0.15) is 5.78 Å². The fourth-order valence-corrected chi connectivity index (χ4v) is 6.28. The van der Waals surface area contributed by atoms with Crippen LogP contribution in [0.4, 0.5) is 4.79 Å². The van der Waals surface area contributed by atoms with Gasteiger partial charge >= 0.3 is 6.03 Å². The van der Waals surface area contributed by atoms with E-state index in [2.05, 4.69) is 0 Å². The van der Waals surface area contributed by atoms with Crippen LogP contribution in [-0.4, -0.2) is 41.6 Å². The molecule has 0 bridgehead atoms. The Hall–Kier alpha value is -2.39. The largest absolute Gasteiger partial charge is 0.326 e. The minimum Gasteiger partial charge on any atom is -0.316 e. The van der Waals surface area contributed by atoms with Crippen molar-refractivity contribution in [2.45, 2.75) is 12.2 Å². The molecule has 3 amide bonds. The van der Waals surface area contributed by atoms with Crippen LogP contribution >= 0.6 is 7.14 Å². The number of hydrogen-bond donors (Lipinski definition) is 0. The number of carbonyl (C=O) groups excluding carboxylic acids is 2. The first-order valence-electron chi connectivity index (χ1n) is 7.70. The Bertz CT molecular complexity index is 764. The Kier molecular flexibility index (Phi) is 4.29. The molecule has 1 aliphatic rings. The van der Waals surface area contributed by atoms with Crippen molar-refractivity contribution in [3.63, 3.8) is 0 Å². The lowest BCUT2D eigenvalue weighted by atomic mass is 10.3. The van der Waals surface area contributed by atoms with Crippen LogP contribution in [0.15, 0.2) is 60.7 Å². The van der Waals surface area contributed by atoms with Crippen LogP contribution < -0.4 is 10.6 Å². The molecule has 2 aromatic carbocycles. The van der Waals surface area contributed by atoms with Gasteiger partial charge in [0.25, 0.3) is 0 Å². The average molecular weight is 342 g/mol. The SMILES string of the molecule is CN1C(=O)C[C@H](P(=O)(c2ccccc2)c2ccccc2)N(C)C1=O. The highest BCUT2D eigenvalue weighted by molar-refractivity contribution is 7.79. The predicted molar refractivity (Wildman–Crippen MR) is 94.1 cm³/mol. The molecule has 0 saturated carbocycles. The van der Waals surface area contributed by atoms with E-state index >= 15 is 0 Å². The van der Waals surface area contributed by atoms with Crippen LogP contribution in [0.2, 0.25) is 0 Å². The van der Waals surface area contributed by atoms with E-state index in [4.69, 9.17) is 0 Å². The Morgan fingerprint density at radius 1 is 0.875 bits per heavy atom. The Balaban J connectivity index is 2.18. The molecule has 0 radical (unpaired) electrons. The molecule has 0 unspecified atom stereocenters. The third-order valence-corrected chi connectivity index (χ3v) is 7.97. The number of rotatable bonds is 3. The fraction of sp³-hybridized carbons (Fsp3) is 0.222. The summed E-state index contributed by atoms with van der Waals surface area (Å²) in [6.45, 7) is 0. The third kappa shape index (κ3) is 2.55. The van der Waals surface area contributed by atoms with Crippen LogP contribution in [0.3, 0.4) is 0 Å². The van der Waals surface area contributed by atoms with Crippen molar-refractivity contribution in [3.05, 3.63) is 60.7 Å². The van der Waals surface area contributed by atoms with Crippen molar-refractivity contribution in [3.8, 4) is 0 Å². The normalized spacial score (nSPS) is 18.8. The molecule has 1 atom stereocenters. The summed E-state index contributed by atoms with van der Waals surface area (Å²) in [5, 5.41) is 1.30. The fourth-order valence-electron chi connectivity index (χ4n) is 3.07. The maximum Gasteiger partial charge on any atom is 0.326 e. The number of imide groups is 1. The lowest BCUT2D eigenvalue weighted by molar-refractivity contribution is -0.130. The molecule has 6 heteroatoms. The molecule has 0 aromatic heterocycles. The van der Waals surface area contributed by atoms with Gasteiger partial charge in [-0.2, -0.15) is 0 Å². The molecular weight excluding hydrogens is 323 g/mol. The van der Waals surface area contributed by atoms with Gasteiger partial charge in [0, 0.05) is 24.7 Å². The van der Waals surface area contributed by atoms with Gasteiger partial charge in [0.05, 0.1) is 6.42 Å². The smallest absolute Gasteiger partial charge is 0.316 e. The van der Waals surface area contributed by atoms with E-state index in [-0.39, 0.29) is 12.3 Å². The number of urea groups is 1. The van der Waals surface area contributed by atoms with E-state index in [0.29, 0.717) is 10.6 Å². The lowest BCUT2D eigenvalue weighted by Gasteiger charge is -2.40. The maximum absolute atomic E-state index is 14.2. The molecule has 24 heavy (non-hydrogen) atoms. The minimum absolute atomic E-state index is 0.0415. The van der Waals surface area contributed by atoms with Crippen LogP contribution in [0.1, 0.15) is 6.42 Å². The highest BCUT2D eigenvalue weighted by atomic mass is 31.2. The standard InChI is InChI=1S/C18H19N2O3P/c1-19-16(21)13-17(20(2)18(19)22)24(23,14-9-5-3-6-10-14)15-11-7-4-8-12-15/h3-12,17H,13H2,1-2H3/t17-/m0/s1. The zero-order valence-electron chi connectivity index (χ0n) is 13.6. The van der Waals surface area contributed by atoms with Gasteiger partial charge < -0.3 is 9.46 Å².